The highest BCUT2D eigenvalue weighted by Gasteiger charge is 2.42. The van der Waals surface area contributed by atoms with Gasteiger partial charge in [0.15, 0.2) is 0 Å². The molecule has 1 aliphatic heterocycles. The van der Waals surface area contributed by atoms with Crippen molar-refractivity contribution < 1.29 is 0 Å². The van der Waals surface area contributed by atoms with Crippen molar-refractivity contribution in [1.29, 1.82) is 0 Å². The summed E-state index contributed by atoms with van der Waals surface area (Å²) in [5.74, 6) is 0.679. The average Bonchev–Trinajstić information content (AvgIpc) is 2.41. The van der Waals surface area contributed by atoms with Crippen LogP contribution in [0.15, 0.2) is 39.1 Å². The Hall–Kier alpha value is -1.69. The molecule has 1 aromatic carbocycles. The first-order valence-corrected chi connectivity index (χ1v) is 7.35. The Morgan fingerprint density at radius 3 is 2.50 bits per heavy atom. The van der Waals surface area contributed by atoms with E-state index in [0.29, 0.717) is 5.96 Å². The minimum atomic E-state index is -0.396. The number of rotatable bonds is 1. The molecule has 1 heterocycles. The SMILES string of the molecule is NC1=NC2(CCCCC2)N(c2ccccc2S)C(N)=N1. The van der Waals surface area contributed by atoms with Crippen LogP contribution in [-0.4, -0.2) is 17.6 Å². The van der Waals surface area contributed by atoms with Gasteiger partial charge in [-0.05, 0) is 37.8 Å². The van der Waals surface area contributed by atoms with Crippen LogP contribution in [0.25, 0.3) is 0 Å². The minimum absolute atomic E-state index is 0.275. The summed E-state index contributed by atoms with van der Waals surface area (Å²) in [6, 6.07) is 7.87. The van der Waals surface area contributed by atoms with Gasteiger partial charge in [-0.15, -0.1) is 12.6 Å². The van der Waals surface area contributed by atoms with Crippen molar-refractivity contribution in [2.24, 2.45) is 21.5 Å². The monoisotopic (exact) mass is 289 g/mol. The minimum Gasteiger partial charge on any atom is -0.369 e. The van der Waals surface area contributed by atoms with E-state index in [-0.39, 0.29) is 5.96 Å². The van der Waals surface area contributed by atoms with Gasteiger partial charge in [0.1, 0.15) is 5.66 Å². The molecule has 0 radical (unpaired) electrons. The van der Waals surface area contributed by atoms with Gasteiger partial charge in [0.25, 0.3) is 0 Å². The molecule has 106 valence electrons. The van der Waals surface area contributed by atoms with Gasteiger partial charge in [0.05, 0.1) is 5.69 Å². The predicted octanol–water partition coefficient (Wildman–Crippen LogP) is 2.09. The van der Waals surface area contributed by atoms with Crippen LogP contribution in [0.2, 0.25) is 0 Å². The van der Waals surface area contributed by atoms with Gasteiger partial charge in [-0.1, -0.05) is 18.6 Å². The summed E-state index contributed by atoms with van der Waals surface area (Å²) in [7, 11) is 0. The Labute approximate surface area is 124 Å². The first kappa shape index (κ1) is 13.3. The van der Waals surface area contributed by atoms with Gasteiger partial charge in [0, 0.05) is 4.90 Å². The Morgan fingerprint density at radius 1 is 1.10 bits per heavy atom. The zero-order valence-corrected chi connectivity index (χ0v) is 12.2. The molecule has 0 atom stereocenters. The summed E-state index contributed by atoms with van der Waals surface area (Å²) in [5, 5.41) is 0. The summed E-state index contributed by atoms with van der Waals surface area (Å²) in [6.45, 7) is 0. The number of nitrogens with two attached hydrogens (primary N) is 2. The molecule has 0 unspecified atom stereocenters. The molecule has 0 saturated heterocycles. The Kier molecular flexibility index (Phi) is 3.33. The highest BCUT2D eigenvalue weighted by molar-refractivity contribution is 7.80. The second-order valence-corrected chi connectivity index (χ2v) is 5.79. The summed E-state index contributed by atoms with van der Waals surface area (Å²) in [6.07, 6.45) is 5.34. The third-order valence-corrected chi connectivity index (χ3v) is 4.35. The van der Waals surface area contributed by atoms with Crippen molar-refractivity contribution in [2.75, 3.05) is 4.90 Å². The van der Waals surface area contributed by atoms with Crippen molar-refractivity contribution >= 4 is 30.2 Å². The van der Waals surface area contributed by atoms with Crippen LogP contribution in [0.3, 0.4) is 0 Å². The number of thiol groups is 1. The number of hydrogen-bond acceptors (Lipinski definition) is 6. The Morgan fingerprint density at radius 2 is 1.80 bits per heavy atom. The highest BCUT2D eigenvalue weighted by Crippen LogP contribution is 2.41. The normalized spacial score (nSPS) is 21.6. The maximum atomic E-state index is 6.16. The number of benzene rings is 1. The zero-order valence-electron chi connectivity index (χ0n) is 11.3. The molecule has 3 rings (SSSR count). The Bertz CT molecular complexity index is 575. The third-order valence-electron chi connectivity index (χ3n) is 3.97. The first-order valence-electron chi connectivity index (χ1n) is 6.90. The van der Waals surface area contributed by atoms with Crippen LogP contribution in [-0.2, 0) is 0 Å². The molecule has 1 saturated carbocycles. The van der Waals surface area contributed by atoms with Crippen LogP contribution in [0, 0.1) is 0 Å². The lowest BCUT2D eigenvalue weighted by Crippen LogP contribution is -2.58. The van der Waals surface area contributed by atoms with Crippen LogP contribution < -0.4 is 16.4 Å². The number of aliphatic imine (C=N–C) groups is 2. The van der Waals surface area contributed by atoms with E-state index in [1.54, 1.807) is 0 Å². The van der Waals surface area contributed by atoms with Crippen molar-refractivity contribution in [3.05, 3.63) is 24.3 Å². The predicted molar refractivity (Wildman–Crippen MR) is 85.2 cm³/mol. The topological polar surface area (TPSA) is 80.0 Å². The Balaban J connectivity index is 2.11. The molecular weight excluding hydrogens is 270 g/mol. The van der Waals surface area contributed by atoms with Crippen molar-refractivity contribution in [3.8, 4) is 0 Å². The van der Waals surface area contributed by atoms with Gasteiger partial charge in [0.2, 0.25) is 11.9 Å². The van der Waals surface area contributed by atoms with E-state index in [2.05, 4.69) is 22.6 Å². The smallest absolute Gasteiger partial charge is 0.220 e. The molecule has 4 N–H and O–H groups in total. The van der Waals surface area contributed by atoms with Gasteiger partial charge in [-0.2, -0.15) is 4.99 Å². The standard InChI is InChI=1S/C14H19N5S/c15-12-17-13(16)19(10-6-2-3-7-11(10)20)14(18-12)8-4-1-5-9-14/h2-3,6-7,20H,1,4-5,8-9H2,(H4,15,16,17,18). The maximum Gasteiger partial charge on any atom is 0.220 e. The quantitative estimate of drug-likeness (QED) is 0.692. The lowest BCUT2D eigenvalue weighted by Gasteiger charge is -2.46. The van der Waals surface area contributed by atoms with Crippen LogP contribution in [0.5, 0.6) is 0 Å². The molecule has 1 aromatic rings. The van der Waals surface area contributed by atoms with E-state index >= 15 is 0 Å². The molecule has 20 heavy (non-hydrogen) atoms. The fraction of sp³-hybridized carbons (Fsp3) is 0.429. The summed E-state index contributed by atoms with van der Waals surface area (Å²) in [5.41, 5.74) is 12.5. The molecule has 5 nitrogen and oxygen atoms in total. The van der Waals surface area contributed by atoms with E-state index in [1.807, 2.05) is 29.2 Å². The summed E-state index contributed by atoms with van der Waals surface area (Å²) >= 11 is 4.54. The number of guanidine groups is 2. The van der Waals surface area contributed by atoms with E-state index in [1.165, 1.54) is 6.42 Å². The molecule has 0 amide bonds. The van der Waals surface area contributed by atoms with Crippen molar-refractivity contribution in [3.63, 3.8) is 0 Å². The van der Waals surface area contributed by atoms with Crippen molar-refractivity contribution in [1.82, 2.24) is 0 Å². The summed E-state index contributed by atoms with van der Waals surface area (Å²) in [4.78, 5) is 11.7. The lowest BCUT2D eigenvalue weighted by atomic mass is 9.87. The molecule has 0 aromatic heterocycles. The van der Waals surface area contributed by atoms with Gasteiger partial charge in [-0.25, -0.2) is 4.99 Å². The lowest BCUT2D eigenvalue weighted by molar-refractivity contribution is 0.305. The largest absolute Gasteiger partial charge is 0.369 e. The van der Waals surface area contributed by atoms with Crippen molar-refractivity contribution in [2.45, 2.75) is 42.7 Å². The number of nitrogens with zero attached hydrogens (tertiary/aromatic N) is 3. The average molecular weight is 289 g/mol. The zero-order chi connectivity index (χ0) is 14.2. The first-order chi connectivity index (χ1) is 9.62. The molecule has 0 bridgehead atoms. The van der Waals surface area contributed by atoms with Gasteiger partial charge < -0.3 is 11.5 Å². The molecule has 6 heteroatoms. The maximum absolute atomic E-state index is 6.16. The highest BCUT2D eigenvalue weighted by atomic mass is 32.1. The van der Waals surface area contributed by atoms with E-state index in [9.17, 15) is 0 Å². The van der Waals surface area contributed by atoms with Crippen LogP contribution in [0.1, 0.15) is 32.1 Å². The summed E-state index contributed by atoms with van der Waals surface area (Å²) < 4.78 is 0. The number of hydrogen-bond donors (Lipinski definition) is 3. The molecule has 1 aliphatic carbocycles. The van der Waals surface area contributed by atoms with Gasteiger partial charge in [-0.3, -0.25) is 4.90 Å². The second-order valence-electron chi connectivity index (χ2n) is 5.31. The van der Waals surface area contributed by atoms with Crippen LogP contribution in [0.4, 0.5) is 5.69 Å². The van der Waals surface area contributed by atoms with E-state index in [4.69, 9.17) is 11.5 Å². The third kappa shape index (κ3) is 2.14. The fourth-order valence-electron chi connectivity index (χ4n) is 3.12. The molecular formula is C14H19N5S. The second kappa shape index (κ2) is 5.01. The number of para-hydroxylation sites is 1. The van der Waals surface area contributed by atoms with E-state index in [0.717, 1.165) is 36.3 Å². The number of anilines is 1. The molecule has 1 spiro atoms. The molecule has 2 aliphatic rings. The van der Waals surface area contributed by atoms with E-state index < -0.39 is 5.66 Å². The van der Waals surface area contributed by atoms with Gasteiger partial charge >= 0.3 is 0 Å². The van der Waals surface area contributed by atoms with Crippen LogP contribution >= 0.6 is 12.6 Å². The fourth-order valence-corrected chi connectivity index (χ4v) is 3.38. The molecule has 1 fully saturated rings.